The summed E-state index contributed by atoms with van der Waals surface area (Å²) in [6.07, 6.45) is 2.62. The van der Waals surface area contributed by atoms with Gasteiger partial charge in [0.15, 0.2) is 10.8 Å². The average molecular weight is 614 g/mol. The molecule has 0 saturated heterocycles. The predicted molar refractivity (Wildman–Crippen MR) is 149 cm³/mol. The van der Waals surface area contributed by atoms with Crippen LogP contribution in [-0.4, -0.2) is 56.6 Å². The summed E-state index contributed by atoms with van der Waals surface area (Å²) < 4.78 is 71.4. The zero-order valence-electron chi connectivity index (χ0n) is 23.3. The fourth-order valence-electron chi connectivity index (χ4n) is 6.13. The Balaban J connectivity index is 1.43. The molecule has 1 saturated carbocycles. The van der Waals surface area contributed by atoms with Gasteiger partial charge >= 0.3 is 6.18 Å². The van der Waals surface area contributed by atoms with Crippen LogP contribution >= 0.6 is 0 Å². The zero-order valence-corrected chi connectivity index (χ0v) is 24.1. The van der Waals surface area contributed by atoms with Crippen LogP contribution in [0, 0.1) is 11.2 Å². The summed E-state index contributed by atoms with van der Waals surface area (Å²) in [5, 5.41) is 13.0. The van der Waals surface area contributed by atoms with Crippen molar-refractivity contribution in [2.45, 2.75) is 49.9 Å². The number of halogens is 4. The first-order chi connectivity index (χ1) is 20.5. The molecule has 224 valence electrons. The molecule has 9 nitrogen and oxygen atoms in total. The highest BCUT2D eigenvalue weighted by Gasteiger charge is 2.51. The summed E-state index contributed by atoms with van der Waals surface area (Å²) >= 11 is 0. The van der Waals surface area contributed by atoms with Crippen molar-refractivity contribution >= 4 is 22.8 Å². The highest BCUT2D eigenvalue weighted by atomic mass is 32.2. The van der Waals surface area contributed by atoms with Gasteiger partial charge in [-0.15, -0.1) is 5.10 Å². The van der Waals surface area contributed by atoms with Crippen molar-refractivity contribution in [1.29, 1.82) is 0 Å². The summed E-state index contributed by atoms with van der Waals surface area (Å²) in [6.45, 7) is 2.24. The summed E-state index contributed by atoms with van der Waals surface area (Å²) in [4.78, 5) is 19.8. The molecule has 1 fully saturated rings. The van der Waals surface area contributed by atoms with Gasteiger partial charge in [-0.05, 0) is 73.7 Å². The predicted octanol–water partition coefficient (Wildman–Crippen LogP) is 4.96. The Labute approximate surface area is 246 Å². The molecule has 3 heterocycles. The van der Waals surface area contributed by atoms with Crippen molar-refractivity contribution in [3.05, 3.63) is 88.9 Å². The molecule has 43 heavy (non-hydrogen) atoms. The molecule has 0 bridgehead atoms. The number of carbonyl (C=O) groups is 1. The molecule has 0 radical (unpaired) electrons. The maximum atomic E-state index is 14.4. The first-order valence-electron chi connectivity index (χ1n) is 13.7. The molecule has 2 aliphatic rings. The number of Topliss-reactive ketones (excluding diaryl/α,β-unsaturated/α-hetero) is 1. The quantitative estimate of drug-likeness (QED) is 0.216. The van der Waals surface area contributed by atoms with E-state index in [1.165, 1.54) is 23.1 Å². The van der Waals surface area contributed by atoms with Gasteiger partial charge in [-0.1, -0.05) is 12.5 Å². The van der Waals surface area contributed by atoms with Gasteiger partial charge in [-0.2, -0.15) is 28.2 Å². The molecule has 3 atom stereocenters. The first kappa shape index (κ1) is 29.1. The van der Waals surface area contributed by atoms with E-state index < -0.39 is 33.9 Å². The first-order valence-corrected chi connectivity index (χ1v) is 14.8. The molecule has 1 aromatic carbocycles. The number of ketones is 1. The zero-order chi connectivity index (χ0) is 30.5. The van der Waals surface area contributed by atoms with Crippen LogP contribution in [-0.2, 0) is 30.6 Å². The van der Waals surface area contributed by atoms with E-state index in [1.807, 2.05) is 13.0 Å². The summed E-state index contributed by atoms with van der Waals surface area (Å²) in [7, 11) is -0.0516. The lowest BCUT2D eigenvalue weighted by Crippen LogP contribution is -2.49. The van der Waals surface area contributed by atoms with Crippen LogP contribution in [0.1, 0.15) is 53.5 Å². The monoisotopic (exact) mass is 613 g/mol. The van der Waals surface area contributed by atoms with Gasteiger partial charge in [-0.3, -0.25) is 9.78 Å². The van der Waals surface area contributed by atoms with E-state index in [0.717, 1.165) is 29.6 Å². The largest absolute Gasteiger partial charge is 0.416 e. The van der Waals surface area contributed by atoms with E-state index in [4.69, 9.17) is 0 Å². The van der Waals surface area contributed by atoms with Gasteiger partial charge in [-0.25, -0.2) is 17.6 Å². The molecule has 0 spiro atoms. The third-order valence-corrected chi connectivity index (χ3v) is 9.68. The van der Waals surface area contributed by atoms with E-state index in [9.17, 15) is 26.6 Å². The van der Waals surface area contributed by atoms with E-state index in [0.29, 0.717) is 30.6 Å². The molecule has 3 unspecified atom stereocenters. The van der Waals surface area contributed by atoms with E-state index >= 15 is 0 Å². The van der Waals surface area contributed by atoms with Crippen molar-refractivity contribution in [2.75, 3.05) is 6.54 Å². The summed E-state index contributed by atoms with van der Waals surface area (Å²) in [6, 6.07) is 7.13. The van der Waals surface area contributed by atoms with Crippen LogP contribution in [0.25, 0.3) is 11.8 Å². The van der Waals surface area contributed by atoms with Crippen molar-refractivity contribution in [3.63, 3.8) is 0 Å². The highest BCUT2D eigenvalue weighted by Crippen LogP contribution is 2.51. The van der Waals surface area contributed by atoms with Crippen molar-refractivity contribution < 1.29 is 26.6 Å². The molecule has 0 amide bonds. The van der Waals surface area contributed by atoms with Crippen molar-refractivity contribution in [1.82, 2.24) is 34.1 Å². The number of fused-ring (bicyclic) bond motifs is 2. The molecule has 0 aliphatic heterocycles. The Hall–Kier alpha value is -4.04. The smallest absolute Gasteiger partial charge is 0.291 e. The second kappa shape index (κ2) is 10.9. The minimum absolute atomic E-state index is 0.165. The van der Waals surface area contributed by atoms with Crippen molar-refractivity contribution in [2.24, 2.45) is 12.5 Å². The van der Waals surface area contributed by atoms with Gasteiger partial charge in [0.1, 0.15) is 22.5 Å². The Morgan fingerprint density at radius 2 is 1.93 bits per heavy atom. The fraction of sp³-hybridized carbons (Fsp3) is 0.345. The van der Waals surface area contributed by atoms with Gasteiger partial charge in [0.05, 0.1) is 34.8 Å². The van der Waals surface area contributed by atoms with Gasteiger partial charge in [0.2, 0.25) is 0 Å². The number of benzene rings is 1. The van der Waals surface area contributed by atoms with Crippen LogP contribution in [0.3, 0.4) is 0 Å². The number of aromatic nitrogens is 6. The van der Waals surface area contributed by atoms with Crippen molar-refractivity contribution in [3.8, 4) is 5.69 Å². The molecule has 6 rings (SSSR count). The van der Waals surface area contributed by atoms with Crippen LogP contribution in [0.5, 0.6) is 0 Å². The Morgan fingerprint density at radius 3 is 2.60 bits per heavy atom. The van der Waals surface area contributed by atoms with E-state index in [1.54, 1.807) is 34.4 Å². The number of aryl methyl sites for hydroxylation is 1. The second-order valence-electron chi connectivity index (χ2n) is 10.7. The van der Waals surface area contributed by atoms with Crippen LogP contribution in [0.2, 0.25) is 0 Å². The number of carbonyl (C=O) groups excluding carboxylic acids is 1. The SMILES string of the molecule is CCN(C1CCC2=Cc3c(cnn3-c3ccc(F)cc3)CC2(C(=O)c2cc(C(F)(F)F)ccn2)C1)S(=O)c1cnn(C)n1. The molecular formula is C29H27F4N7O2S. The van der Waals surface area contributed by atoms with Crippen LogP contribution in [0.4, 0.5) is 17.6 Å². The number of hydrogen-bond donors (Lipinski definition) is 0. The number of hydrogen-bond acceptors (Lipinski definition) is 6. The van der Waals surface area contributed by atoms with Crippen LogP contribution < -0.4 is 0 Å². The average Bonchev–Trinajstić information content (AvgIpc) is 3.61. The number of alkyl halides is 3. The summed E-state index contributed by atoms with van der Waals surface area (Å²) in [5.41, 5.74) is 0.314. The molecule has 3 aromatic heterocycles. The fourth-order valence-corrected chi connectivity index (χ4v) is 7.38. The standard InChI is InChI=1S/C29H27F4N7O2S/c1-3-39(43(42)26-17-35-38(2)37-26)23-7-4-19-13-25-18(16-36-40(25)22-8-5-21(30)6-9-22)14-28(19,15-23)27(41)24-12-20(10-11-34-24)29(31,32)33/h5-6,8-13,16-17,23H,3-4,7,14-15H2,1-2H3. The lowest BCUT2D eigenvalue weighted by Gasteiger charge is -2.46. The number of nitrogens with zero attached hydrogens (tertiary/aromatic N) is 7. The normalized spacial score (nSPS) is 20.8. The summed E-state index contributed by atoms with van der Waals surface area (Å²) in [5.74, 6) is -0.921. The van der Waals surface area contributed by atoms with E-state index in [-0.39, 0.29) is 35.4 Å². The van der Waals surface area contributed by atoms with Crippen LogP contribution in [0.15, 0.2) is 65.6 Å². The molecule has 0 N–H and O–H groups in total. The molecule has 2 aliphatic carbocycles. The van der Waals surface area contributed by atoms with Gasteiger partial charge in [0.25, 0.3) is 0 Å². The lowest BCUT2D eigenvalue weighted by molar-refractivity contribution is -0.137. The number of allylic oxidation sites excluding steroid dienone is 1. The lowest BCUT2D eigenvalue weighted by atomic mass is 9.60. The molecule has 4 aromatic rings. The maximum absolute atomic E-state index is 14.4. The maximum Gasteiger partial charge on any atom is 0.416 e. The third kappa shape index (κ3) is 5.22. The van der Waals surface area contributed by atoms with E-state index in [2.05, 4.69) is 20.3 Å². The third-order valence-electron chi connectivity index (χ3n) is 8.15. The number of rotatable bonds is 7. The Kier molecular flexibility index (Phi) is 7.37. The highest BCUT2D eigenvalue weighted by molar-refractivity contribution is 7.82. The number of pyridine rings is 1. The Bertz CT molecular complexity index is 1750. The minimum atomic E-state index is -4.65. The molecule has 14 heteroatoms. The van der Waals surface area contributed by atoms with Gasteiger partial charge < -0.3 is 0 Å². The second-order valence-corrected chi connectivity index (χ2v) is 12.1. The minimum Gasteiger partial charge on any atom is -0.291 e. The van der Waals surface area contributed by atoms with Gasteiger partial charge in [0, 0.05) is 25.8 Å². The topological polar surface area (TPSA) is 98.8 Å². The molecular weight excluding hydrogens is 586 g/mol. The Morgan fingerprint density at radius 1 is 1.16 bits per heavy atom.